The molecule has 1 unspecified atom stereocenters. The number of aromatic nitrogens is 2. The number of carbonyl (C=O) groups excluding carboxylic acids is 2. The summed E-state index contributed by atoms with van der Waals surface area (Å²) in [6, 6.07) is 11.3. The Balaban J connectivity index is 1.37. The van der Waals surface area contributed by atoms with Gasteiger partial charge in [-0.3, -0.25) is 19.0 Å². The number of nitrogens with one attached hydrogen (secondary N) is 1. The van der Waals surface area contributed by atoms with E-state index < -0.39 is 27.3 Å². The lowest BCUT2D eigenvalue weighted by Gasteiger charge is -2.46. The van der Waals surface area contributed by atoms with Gasteiger partial charge in [0.15, 0.2) is 9.92 Å². The normalized spacial score (nSPS) is 29.7. The van der Waals surface area contributed by atoms with E-state index in [-0.39, 0.29) is 34.5 Å². The highest BCUT2D eigenvalue weighted by atomic mass is 35.5. The minimum atomic E-state index is -3.87. The monoisotopic (exact) mass is 721 g/mol. The van der Waals surface area contributed by atoms with E-state index in [1.165, 1.54) is 28.2 Å². The van der Waals surface area contributed by atoms with E-state index in [9.17, 15) is 9.59 Å². The van der Waals surface area contributed by atoms with Gasteiger partial charge in [-0.2, -0.15) is 5.10 Å². The van der Waals surface area contributed by atoms with E-state index >= 15 is 4.21 Å². The molecule has 2 aromatic carbocycles. The second-order valence-corrected chi connectivity index (χ2v) is 16.8. The maximum atomic E-state index is 15.0. The van der Waals surface area contributed by atoms with Crippen molar-refractivity contribution in [3.63, 3.8) is 0 Å². The molecule has 1 fully saturated rings. The maximum Gasteiger partial charge on any atom is 0.287 e. The fourth-order valence-corrected chi connectivity index (χ4v) is 9.60. The summed E-state index contributed by atoms with van der Waals surface area (Å²) in [5.41, 5.74) is 1.66. The lowest BCUT2D eigenvalue weighted by atomic mass is 9.68. The third-order valence-electron chi connectivity index (χ3n) is 10.7. The van der Waals surface area contributed by atoms with Crippen LogP contribution in [-0.4, -0.2) is 70.9 Å². The van der Waals surface area contributed by atoms with Crippen LogP contribution in [0.25, 0.3) is 0 Å². The van der Waals surface area contributed by atoms with Crippen LogP contribution in [0.5, 0.6) is 5.75 Å². The van der Waals surface area contributed by atoms with Gasteiger partial charge in [-0.05, 0) is 99.2 Å². The first-order chi connectivity index (χ1) is 23.9. The largest absolute Gasteiger partial charge is 0.490 e. The Morgan fingerprint density at radius 3 is 2.76 bits per heavy atom. The molecule has 1 aromatic heterocycles. The van der Waals surface area contributed by atoms with Gasteiger partial charge in [0.1, 0.15) is 11.4 Å². The molecule has 2 bridgehead atoms. The van der Waals surface area contributed by atoms with Gasteiger partial charge in [0.25, 0.3) is 11.8 Å². The Morgan fingerprint density at radius 1 is 1.18 bits per heavy atom. The molecule has 3 heterocycles. The van der Waals surface area contributed by atoms with Crippen LogP contribution in [0, 0.1) is 11.8 Å². The van der Waals surface area contributed by atoms with Gasteiger partial charge in [0.05, 0.1) is 41.7 Å². The Bertz CT molecular complexity index is 1970. The maximum absolute atomic E-state index is 15.0. The molecule has 7 rings (SSSR count). The molecule has 5 atom stereocenters. The Kier molecular flexibility index (Phi) is 9.34. The summed E-state index contributed by atoms with van der Waals surface area (Å²) in [4.78, 5) is 29.8. The number of rotatable bonds is 3. The number of amides is 2. The summed E-state index contributed by atoms with van der Waals surface area (Å²) in [5.74, 6) is -0.201. The van der Waals surface area contributed by atoms with Gasteiger partial charge in [-0.25, -0.2) is 4.21 Å². The second kappa shape index (κ2) is 13.4. The number of nitrogens with zero attached hydrogens (tertiary/aromatic N) is 4. The smallest absolute Gasteiger partial charge is 0.287 e. The molecule has 0 radical (unpaired) electrons. The summed E-state index contributed by atoms with van der Waals surface area (Å²) >= 11 is 6.46. The fourth-order valence-electron chi connectivity index (χ4n) is 7.79. The summed E-state index contributed by atoms with van der Waals surface area (Å²) in [7, 11) is -0.465. The van der Waals surface area contributed by atoms with Crippen molar-refractivity contribution in [1.82, 2.24) is 14.5 Å². The van der Waals surface area contributed by atoms with Crippen molar-refractivity contribution in [2.45, 2.75) is 68.0 Å². The van der Waals surface area contributed by atoms with Crippen molar-refractivity contribution in [3.05, 3.63) is 82.7 Å². The molecular weight excluding hydrogens is 678 g/mol. The Morgan fingerprint density at radius 2 is 2.02 bits per heavy atom. The van der Waals surface area contributed by atoms with Gasteiger partial charge in [-0.15, -0.1) is 4.36 Å². The third kappa shape index (κ3) is 6.58. The summed E-state index contributed by atoms with van der Waals surface area (Å²) in [6.45, 7) is 5.12. The topological polar surface area (TPSA) is 124 Å². The molecule has 11 nitrogen and oxygen atoms in total. The number of halogens is 1. The van der Waals surface area contributed by atoms with E-state index in [1.807, 2.05) is 18.2 Å². The van der Waals surface area contributed by atoms with E-state index in [0.29, 0.717) is 31.4 Å². The van der Waals surface area contributed by atoms with Crippen molar-refractivity contribution in [2.75, 3.05) is 38.3 Å². The van der Waals surface area contributed by atoms with Crippen LogP contribution in [-0.2, 0) is 43.1 Å². The molecule has 266 valence electrons. The average molecular weight is 722 g/mol. The van der Waals surface area contributed by atoms with Crippen LogP contribution in [0.4, 0.5) is 5.69 Å². The molecule has 1 spiro atoms. The van der Waals surface area contributed by atoms with Crippen LogP contribution in [0.2, 0.25) is 5.02 Å². The Hall–Kier alpha value is -3.71. The van der Waals surface area contributed by atoms with Crippen molar-refractivity contribution < 1.29 is 28.0 Å². The fraction of sp³-hybridized carbons (Fsp3) is 0.486. The van der Waals surface area contributed by atoms with Gasteiger partial charge < -0.3 is 19.1 Å². The lowest BCUT2D eigenvalue weighted by Crippen LogP contribution is -2.49. The lowest BCUT2D eigenvalue weighted by molar-refractivity contribution is -0.137. The summed E-state index contributed by atoms with van der Waals surface area (Å²) in [5, 5.41) is 4.80. The van der Waals surface area contributed by atoms with Gasteiger partial charge in [0.2, 0.25) is 0 Å². The first kappa shape index (κ1) is 34.7. The van der Waals surface area contributed by atoms with Crippen LogP contribution < -0.4 is 14.4 Å². The van der Waals surface area contributed by atoms with E-state index in [0.717, 1.165) is 42.8 Å². The highest BCUT2D eigenvalue weighted by molar-refractivity contribution is 7.92. The van der Waals surface area contributed by atoms with Crippen molar-refractivity contribution in [2.24, 2.45) is 23.2 Å². The number of anilines is 1. The molecule has 3 aromatic rings. The van der Waals surface area contributed by atoms with Crippen molar-refractivity contribution in [1.29, 1.82) is 0 Å². The van der Waals surface area contributed by atoms with Gasteiger partial charge in [0, 0.05) is 43.9 Å². The number of carbonyl (C=O) groups is 2. The highest BCUT2D eigenvalue weighted by Crippen LogP contribution is 2.47. The second-order valence-electron chi connectivity index (χ2n) is 14.4. The minimum Gasteiger partial charge on any atom is -0.490 e. The zero-order valence-corrected chi connectivity index (χ0v) is 30.5. The molecule has 0 saturated heterocycles. The van der Waals surface area contributed by atoms with E-state index in [1.54, 1.807) is 46.2 Å². The van der Waals surface area contributed by atoms with Crippen LogP contribution in [0.3, 0.4) is 0 Å². The van der Waals surface area contributed by atoms with Crippen LogP contribution in [0.15, 0.2) is 70.2 Å². The SMILES string of the molecule is CO[C@H]1/C=C/COC(C)(C)C(=O)N=S(=O)(NC(=O)c2cnn(C)c2)c2ccc3c(c2)N(C[C@@H]2CC[C@H]21)C[C@@]1(CCCc2cc(Cl)ccc21)CO3. The van der Waals surface area contributed by atoms with Gasteiger partial charge in [-0.1, -0.05) is 29.8 Å². The van der Waals surface area contributed by atoms with E-state index in [4.69, 9.17) is 25.8 Å². The predicted octanol–water partition coefficient (Wildman–Crippen LogP) is 5.65. The number of ether oxygens (including phenoxy) is 3. The molecule has 50 heavy (non-hydrogen) atoms. The zero-order valence-electron chi connectivity index (χ0n) is 28.9. The molecule has 1 N–H and O–H groups in total. The molecule has 4 aliphatic rings. The number of methoxy groups -OCH3 is 1. The average Bonchev–Trinajstić information content (AvgIpc) is 3.45. The first-order valence-electron chi connectivity index (χ1n) is 17.2. The van der Waals surface area contributed by atoms with Crippen molar-refractivity contribution in [3.8, 4) is 5.75 Å². The summed E-state index contributed by atoms with van der Waals surface area (Å²) in [6.07, 6.45) is 11.6. The number of aryl methyl sites for hydroxylation is 2. The third-order valence-corrected chi connectivity index (χ3v) is 12.8. The highest BCUT2D eigenvalue weighted by Gasteiger charge is 2.44. The number of fused-ring (bicyclic) bond motifs is 4. The van der Waals surface area contributed by atoms with Crippen molar-refractivity contribution >= 4 is 39.0 Å². The van der Waals surface area contributed by atoms with Crippen LogP contribution >= 0.6 is 11.6 Å². The standard InChI is InChI=1S/C37H44ClN5O6S/c1-36(2)35(45)41-50(46,40-34(44)26-19-39-42(3)20-26)28-11-14-33-31(18-28)43(21-25-9-12-29(25)32(47-4)8-6-16-49-36)22-37(23-48-33)15-5-7-24-17-27(38)10-13-30(24)37/h6,8,10-11,13-14,17-20,25,29,32H,5,7,9,12,15-16,21-23H2,1-4H3,(H,40,41,44,45,46)/b8-6+/t25-,29+,32-,37-,50?/m0/s1. The molecule has 1 saturated carbocycles. The Labute approximate surface area is 298 Å². The van der Waals surface area contributed by atoms with Gasteiger partial charge >= 0.3 is 0 Å². The number of hydrogen-bond donors (Lipinski definition) is 1. The molecule has 2 aliphatic heterocycles. The predicted molar refractivity (Wildman–Crippen MR) is 191 cm³/mol. The molecular formula is C37H44ClN5O6S. The molecule has 13 heteroatoms. The quantitative estimate of drug-likeness (QED) is 0.344. The zero-order chi connectivity index (χ0) is 35.3. The number of benzene rings is 2. The number of hydrogen-bond acceptors (Lipinski definition) is 8. The molecule has 2 amide bonds. The first-order valence-corrected chi connectivity index (χ1v) is 19.1. The van der Waals surface area contributed by atoms with Crippen LogP contribution in [0.1, 0.15) is 61.0 Å². The summed E-state index contributed by atoms with van der Waals surface area (Å²) < 4.78 is 41.9. The molecule has 2 aliphatic carbocycles. The van der Waals surface area contributed by atoms with E-state index in [2.05, 4.69) is 31.2 Å². The minimum absolute atomic E-state index is 0.115.